The van der Waals surface area contributed by atoms with E-state index in [1.165, 1.54) is 32.1 Å². The summed E-state index contributed by atoms with van der Waals surface area (Å²) in [6.45, 7) is 3.42. The normalized spacial score (nSPS) is 33.2. The van der Waals surface area contributed by atoms with Gasteiger partial charge in [-0.15, -0.1) is 0 Å². The van der Waals surface area contributed by atoms with Crippen LogP contribution in [-0.4, -0.2) is 36.5 Å². The molecule has 88 valence electrons. The summed E-state index contributed by atoms with van der Waals surface area (Å²) < 4.78 is 5.65. The van der Waals surface area contributed by atoms with Crippen LogP contribution in [-0.2, 0) is 4.74 Å². The van der Waals surface area contributed by atoms with Crippen LogP contribution >= 0.6 is 0 Å². The lowest BCUT2D eigenvalue weighted by Gasteiger charge is -2.15. The van der Waals surface area contributed by atoms with Crippen molar-refractivity contribution in [2.75, 3.05) is 13.2 Å². The molecule has 0 spiro atoms. The van der Waals surface area contributed by atoms with Gasteiger partial charge in [0.05, 0.1) is 18.8 Å². The summed E-state index contributed by atoms with van der Waals surface area (Å²) >= 11 is 0. The van der Waals surface area contributed by atoms with E-state index in [9.17, 15) is 5.11 Å². The average molecular weight is 213 g/mol. The fourth-order valence-corrected chi connectivity index (χ4v) is 2.26. The quantitative estimate of drug-likeness (QED) is 0.699. The summed E-state index contributed by atoms with van der Waals surface area (Å²) in [6.07, 6.45) is 6.28. The molecule has 2 aliphatic carbocycles. The highest BCUT2D eigenvalue weighted by atomic mass is 16.5. The van der Waals surface area contributed by atoms with E-state index in [-0.39, 0.29) is 6.10 Å². The molecule has 2 aliphatic rings. The highest BCUT2D eigenvalue weighted by Gasteiger charge is 2.32. The van der Waals surface area contributed by atoms with E-state index in [0.29, 0.717) is 25.3 Å². The van der Waals surface area contributed by atoms with E-state index < -0.39 is 0 Å². The predicted molar refractivity (Wildman–Crippen MR) is 59.8 cm³/mol. The second kappa shape index (κ2) is 5.28. The van der Waals surface area contributed by atoms with Gasteiger partial charge in [0.15, 0.2) is 0 Å². The Morgan fingerprint density at radius 2 is 2.07 bits per heavy atom. The van der Waals surface area contributed by atoms with Gasteiger partial charge in [0.25, 0.3) is 0 Å². The van der Waals surface area contributed by atoms with Gasteiger partial charge in [-0.25, -0.2) is 0 Å². The first-order valence-electron chi connectivity index (χ1n) is 6.28. The van der Waals surface area contributed by atoms with Crippen molar-refractivity contribution in [1.29, 1.82) is 0 Å². The van der Waals surface area contributed by atoms with E-state index in [2.05, 4.69) is 12.2 Å². The number of nitrogens with one attached hydrogen (secondary N) is 1. The molecule has 0 radical (unpaired) electrons. The van der Waals surface area contributed by atoms with E-state index in [1.54, 1.807) is 0 Å². The maximum Gasteiger partial charge on any atom is 0.0897 e. The molecule has 0 heterocycles. The van der Waals surface area contributed by atoms with Crippen LogP contribution < -0.4 is 5.32 Å². The van der Waals surface area contributed by atoms with Gasteiger partial charge in [-0.05, 0) is 25.2 Å². The van der Waals surface area contributed by atoms with Gasteiger partial charge >= 0.3 is 0 Å². The predicted octanol–water partition coefficient (Wildman–Crippen LogP) is 1.30. The summed E-state index contributed by atoms with van der Waals surface area (Å²) in [6, 6.07) is 0.645. The average Bonchev–Trinajstić information content (AvgIpc) is 2.73. The van der Waals surface area contributed by atoms with E-state index in [4.69, 9.17) is 4.74 Å². The van der Waals surface area contributed by atoms with Crippen molar-refractivity contribution in [3.8, 4) is 0 Å². The highest BCUT2D eigenvalue weighted by Crippen LogP contribution is 2.28. The molecule has 0 amide bonds. The van der Waals surface area contributed by atoms with Crippen LogP contribution in [0.2, 0.25) is 0 Å². The molecule has 0 saturated heterocycles. The molecular formula is C12H23NO2. The monoisotopic (exact) mass is 213 g/mol. The Bertz CT molecular complexity index is 192. The Hall–Kier alpha value is -0.120. The fourth-order valence-electron chi connectivity index (χ4n) is 2.26. The Morgan fingerprint density at radius 1 is 1.40 bits per heavy atom. The third-order valence-corrected chi connectivity index (χ3v) is 3.55. The largest absolute Gasteiger partial charge is 0.389 e. The minimum Gasteiger partial charge on any atom is -0.389 e. The highest BCUT2D eigenvalue weighted by molar-refractivity contribution is 4.89. The first-order valence-corrected chi connectivity index (χ1v) is 6.28. The van der Waals surface area contributed by atoms with Crippen molar-refractivity contribution in [2.24, 2.45) is 5.92 Å². The molecular weight excluding hydrogens is 190 g/mol. The van der Waals surface area contributed by atoms with Crippen molar-refractivity contribution in [2.45, 2.75) is 57.3 Å². The number of hydrogen-bond acceptors (Lipinski definition) is 3. The zero-order valence-electron chi connectivity index (χ0n) is 9.61. The topological polar surface area (TPSA) is 41.5 Å². The lowest BCUT2D eigenvalue weighted by molar-refractivity contribution is -0.00558. The lowest BCUT2D eigenvalue weighted by Crippen LogP contribution is -2.33. The first kappa shape index (κ1) is 11.4. The zero-order chi connectivity index (χ0) is 10.7. The maximum atomic E-state index is 9.68. The molecule has 2 saturated carbocycles. The molecule has 3 atom stereocenters. The van der Waals surface area contributed by atoms with E-state index in [1.807, 2.05) is 0 Å². The van der Waals surface area contributed by atoms with Crippen molar-refractivity contribution >= 4 is 0 Å². The fraction of sp³-hybridized carbons (Fsp3) is 1.00. The van der Waals surface area contributed by atoms with Gasteiger partial charge in [0.1, 0.15) is 0 Å². The molecule has 2 fully saturated rings. The summed E-state index contributed by atoms with van der Waals surface area (Å²) in [7, 11) is 0. The molecule has 0 aromatic heterocycles. The summed E-state index contributed by atoms with van der Waals surface area (Å²) in [5, 5.41) is 13.0. The Labute approximate surface area is 92.2 Å². The summed E-state index contributed by atoms with van der Waals surface area (Å²) in [5.41, 5.74) is 0. The molecule has 2 rings (SSSR count). The number of aliphatic hydroxyl groups is 1. The van der Waals surface area contributed by atoms with Crippen LogP contribution in [0.15, 0.2) is 0 Å². The van der Waals surface area contributed by atoms with Crippen LogP contribution in [0, 0.1) is 5.92 Å². The molecule has 3 nitrogen and oxygen atoms in total. The molecule has 0 bridgehead atoms. The van der Waals surface area contributed by atoms with Crippen molar-refractivity contribution < 1.29 is 9.84 Å². The minimum atomic E-state index is -0.335. The third kappa shape index (κ3) is 3.74. The van der Waals surface area contributed by atoms with Crippen molar-refractivity contribution in [3.63, 3.8) is 0 Å². The number of hydrogen-bond donors (Lipinski definition) is 2. The van der Waals surface area contributed by atoms with Crippen LogP contribution in [0.4, 0.5) is 0 Å². The van der Waals surface area contributed by atoms with Gasteiger partial charge in [0, 0.05) is 12.6 Å². The molecule has 3 heteroatoms. The summed E-state index contributed by atoms with van der Waals surface area (Å²) in [5.74, 6) is 0.799. The number of aliphatic hydroxyl groups excluding tert-OH is 1. The van der Waals surface area contributed by atoms with E-state index in [0.717, 1.165) is 5.92 Å². The van der Waals surface area contributed by atoms with Crippen LogP contribution in [0.25, 0.3) is 0 Å². The number of rotatable bonds is 6. The molecule has 3 unspecified atom stereocenters. The van der Waals surface area contributed by atoms with Gasteiger partial charge in [-0.2, -0.15) is 0 Å². The van der Waals surface area contributed by atoms with Crippen LogP contribution in [0.3, 0.4) is 0 Å². The lowest BCUT2D eigenvalue weighted by atomic mass is 10.3. The van der Waals surface area contributed by atoms with Crippen LogP contribution in [0.1, 0.15) is 39.0 Å². The maximum absolute atomic E-state index is 9.68. The van der Waals surface area contributed by atoms with Crippen LogP contribution in [0.5, 0.6) is 0 Å². The Balaban J connectivity index is 1.50. The summed E-state index contributed by atoms with van der Waals surface area (Å²) in [4.78, 5) is 0. The zero-order valence-corrected chi connectivity index (χ0v) is 9.61. The standard InChI is InChI=1S/C12H23NO2/c1-9-6-12(9)13-7-10(14)8-15-11-4-2-3-5-11/h9-14H,2-8H2,1H3. The van der Waals surface area contributed by atoms with Gasteiger partial charge in [-0.3, -0.25) is 0 Å². The molecule has 0 aromatic rings. The molecule has 2 N–H and O–H groups in total. The first-order chi connectivity index (χ1) is 7.25. The smallest absolute Gasteiger partial charge is 0.0897 e. The van der Waals surface area contributed by atoms with E-state index >= 15 is 0 Å². The Kier molecular flexibility index (Phi) is 4.00. The second-order valence-electron chi connectivity index (χ2n) is 5.12. The second-order valence-corrected chi connectivity index (χ2v) is 5.12. The minimum absolute atomic E-state index is 0.335. The van der Waals surface area contributed by atoms with Crippen molar-refractivity contribution in [1.82, 2.24) is 5.32 Å². The number of ether oxygens (including phenoxy) is 1. The van der Waals surface area contributed by atoms with Gasteiger partial charge in [-0.1, -0.05) is 19.8 Å². The van der Waals surface area contributed by atoms with Crippen molar-refractivity contribution in [3.05, 3.63) is 0 Å². The molecule has 0 aliphatic heterocycles. The molecule has 0 aromatic carbocycles. The van der Waals surface area contributed by atoms with Gasteiger partial charge in [0.2, 0.25) is 0 Å². The SMILES string of the molecule is CC1CC1NCC(O)COC1CCCC1. The van der Waals surface area contributed by atoms with Gasteiger partial charge < -0.3 is 15.2 Å². The third-order valence-electron chi connectivity index (χ3n) is 3.55. The Morgan fingerprint density at radius 3 is 2.67 bits per heavy atom. The molecule has 15 heavy (non-hydrogen) atoms.